The van der Waals surface area contributed by atoms with Crippen LogP contribution in [0.3, 0.4) is 0 Å². The van der Waals surface area contributed by atoms with Crippen molar-refractivity contribution in [2.45, 2.75) is 25.8 Å². The fraction of sp³-hybridized carbons (Fsp3) is 0.429. The highest BCUT2D eigenvalue weighted by Gasteiger charge is 2.10. The molecule has 122 valence electrons. The molecule has 8 N–H and O–H groups in total. The Labute approximate surface area is 134 Å². The lowest BCUT2D eigenvalue weighted by Gasteiger charge is -2.09. The molecular weight excluding hydrogens is 302 g/mol. The van der Waals surface area contributed by atoms with Crippen LogP contribution in [0.2, 0.25) is 0 Å². The van der Waals surface area contributed by atoms with Gasteiger partial charge in [0, 0.05) is 5.56 Å². The first kappa shape index (κ1) is 18.3. The smallest absolute Gasteiger partial charge is 0.320 e. The van der Waals surface area contributed by atoms with Crippen LogP contribution in [0, 0.1) is 6.92 Å². The van der Waals surface area contributed by atoms with Crippen LogP contribution in [0.15, 0.2) is 23.3 Å². The molecule has 8 heteroatoms. The summed E-state index contributed by atoms with van der Waals surface area (Å²) in [5.74, 6) is 6.13. The molecule has 0 aliphatic carbocycles. The number of carboxylic acid groups (broad SMARTS) is 1. The van der Waals surface area contributed by atoms with Crippen molar-refractivity contribution in [3.63, 3.8) is 0 Å². The van der Waals surface area contributed by atoms with Gasteiger partial charge in [-0.05, 0) is 48.5 Å². The average molecular weight is 325 g/mol. The topological polar surface area (TPSA) is 140 Å². The van der Waals surface area contributed by atoms with Crippen molar-refractivity contribution in [2.24, 2.45) is 22.4 Å². The van der Waals surface area contributed by atoms with E-state index in [-0.39, 0.29) is 0 Å². The Kier molecular flexibility index (Phi) is 7.72. The summed E-state index contributed by atoms with van der Waals surface area (Å²) in [6.45, 7) is 2.04. The second kappa shape index (κ2) is 9.29. The number of thioether (sulfide) groups is 1. The number of carboxylic acids is 1. The Hall–Kier alpha value is -1.77. The zero-order valence-electron chi connectivity index (χ0n) is 12.6. The summed E-state index contributed by atoms with van der Waals surface area (Å²) < 4.78 is 0. The van der Waals surface area contributed by atoms with E-state index in [0.29, 0.717) is 12.3 Å². The number of hydrazone groups is 1. The Balaban J connectivity index is 2.50. The molecule has 1 unspecified atom stereocenters. The number of nitrogens with two attached hydrogens (primary N) is 3. The van der Waals surface area contributed by atoms with Crippen LogP contribution in [0.4, 0.5) is 0 Å². The molecule has 0 aliphatic heterocycles. The molecule has 1 aromatic rings. The summed E-state index contributed by atoms with van der Waals surface area (Å²) in [6.07, 6.45) is 1.34. The maximum Gasteiger partial charge on any atom is 0.320 e. The molecule has 0 aromatic heterocycles. The normalized spacial score (nSPS) is 13.0. The molecule has 1 aromatic carbocycles. The van der Waals surface area contributed by atoms with Crippen LogP contribution in [0.5, 0.6) is 0 Å². The summed E-state index contributed by atoms with van der Waals surface area (Å²) in [5.41, 5.74) is 16.6. The van der Waals surface area contributed by atoms with Crippen molar-refractivity contribution in [3.8, 4) is 0 Å². The molecule has 0 amide bonds. The quantitative estimate of drug-likeness (QED) is 0.143. The molecule has 0 saturated heterocycles. The van der Waals surface area contributed by atoms with Gasteiger partial charge in [-0.25, -0.2) is 11.4 Å². The fourth-order valence-corrected chi connectivity index (χ4v) is 2.84. The van der Waals surface area contributed by atoms with E-state index in [9.17, 15) is 4.79 Å². The van der Waals surface area contributed by atoms with Crippen molar-refractivity contribution in [3.05, 3.63) is 34.9 Å². The maximum atomic E-state index is 10.6. The number of amidine groups is 1. The Morgan fingerprint density at radius 2 is 2.18 bits per heavy atom. The minimum atomic E-state index is -0.951. The number of hydrogen-bond acceptors (Lipinski definition) is 6. The number of hydrazine groups is 1. The van der Waals surface area contributed by atoms with Crippen LogP contribution in [0.25, 0.3) is 0 Å². The Morgan fingerprint density at radius 3 is 2.82 bits per heavy atom. The Bertz CT molecular complexity index is 536. The van der Waals surface area contributed by atoms with Gasteiger partial charge in [-0.3, -0.25) is 4.79 Å². The number of nitrogens with one attached hydrogen (secondary N) is 1. The molecule has 1 atom stereocenters. The predicted molar refractivity (Wildman–Crippen MR) is 90.5 cm³/mol. The average Bonchev–Trinajstić information content (AvgIpc) is 2.48. The lowest BCUT2D eigenvalue weighted by Crippen LogP contribution is -2.30. The Morgan fingerprint density at radius 1 is 1.45 bits per heavy atom. The zero-order chi connectivity index (χ0) is 16.5. The SMILES string of the molecule is Cc1ccc(/C(N)=N/NN)cc1CCSCCC(N)C(=O)O. The van der Waals surface area contributed by atoms with E-state index < -0.39 is 12.0 Å². The van der Waals surface area contributed by atoms with E-state index in [0.717, 1.165) is 23.5 Å². The third-order valence-corrected chi connectivity index (χ3v) is 4.25. The number of aliphatic carboxylic acids is 1. The van der Waals surface area contributed by atoms with E-state index >= 15 is 0 Å². The summed E-state index contributed by atoms with van der Waals surface area (Å²) in [5, 5.41) is 12.5. The van der Waals surface area contributed by atoms with Gasteiger partial charge in [0.25, 0.3) is 0 Å². The second-order valence-corrected chi connectivity index (χ2v) is 6.09. The molecule has 0 aliphatic rings. The minimum Gasteiger partial charge on any atom is -0.480 e. The summed E-state index contributed by atoms with van der Waals surface area (Å²) in [4.78, 5) is 10.6. The molecular formula is C14H23N5O2S. The van der Waals surface area contributed by atoms with E-state index in [4.69, 9.17) is 22.4 Å². The molecule has 7 nitrogen and oxygen atoms in total. The lowest BCUT2D eigenvalue weighted by atomic mass is 10.0. The first-order valence-corrected chi connectivity index (χ1v) is 8.06. The molecule has 0 radical (unpaired) electrons. The lowest BCUT2D eigenvalue weighted by molar-refractivity contribution is -0.138. The first-order valence-electron chi connectivity index (χ1n) is 6.90. The van der Waals surface area contributed by atoms with Gasteiger partial charge in [-0.2, -0.15) is 11.8 Å². The highest BCUT2D eigenvalue weighted by Crippen LogP contribution is 2.15. The largest absolute Gasteiger partial charge is 0.480 e. The number of aryl methyl sites for hydroxylation is 2. The van der Waals surface area contributed by atoms with E-state index in [1.165, 1.54) is 11.1 Å². The van der Waals surface area contributed by atoms with Gasteiger partial charge in [0.05, 0.1) is 0 Å². The van der Waals surface area contributed by atoms with Crippen LogP contribution >= 0.6 is 11.8 Å². The number of rotatable bonds is 9. The summed E-state index contributed by atoms with van der Waals surface area (Å²) in [6, 6.07) is 5.11. The van der Waals surface area contributed by atoms with Crippen molar-refractivity contribution >= 4 is 23.6 Å². The van der Waals surface area contributed by atoms with Crippen LogP contribution in [0.1, 0.15) is 23.1 Å². The van der Waals surface area contributed by atoms with Gasteiger partial charge in [-0.1, -0.05) is 12.1 Å². The molecule has 1 rings (SSSR count). The van der Waals surface area contributed by atoms with Gasteiger partial charge in [0.2, 0.25) is 0 Å². The second-order valence-electron chi connectivity index (χ2n) is 4.86. The van der Waals surface area contributed by atoms with Gasteiger partial charge in [0.15, 0.2) is 5.84 Å². The fourth-order valence-electron chi connectivity index (χ4n) is 1.85. The minimum absolute atomic E-state index is 0.337. The molecule has 0 spiro atoms. The van der Waals surface area contributed by atoms with Crippen LogP contribution < -0.4 is 22.8 Å². The molecule has 0 heterocycles. The molecule has 22 heavy (non-hydrogen) atoms. The third kappa shape index (κ3) is 5.92. The molecule has 0 fully saturated rings. The number of benzene rings is 1. The number of carbonyl (C=O) groups is 1. The van der Waals surface area contributed by atoms with Gasteiger partial charge < -0.3 is 16.6 Å². The van der Waals surface area contributed by atoms with Crippen molar-refractivity contribution in [2.75, 3.05) is 11.5 Å². The maximum absolute atomic E-state index is 10.6. The highest BCUT2D eigenvalue weighted by atomic mass is 32.2. The standard InChI is InChI=1S/C14H23N5O2S/c1-9-2-3-11(13(16)18-19-17)8-10(9)4-6-22-7-5-12(15)14(20)21/h2-3,8,12,19H,4-7,15,17H2,1H3,(H2,16,18)(H,20,21). The van der Waals surface area contributed by atoms with Crippen molar-refractivity contribution in [1.29, 1.82) is 0 Å². The van der Waals surface area contributed by atoms with E-state index in [1.807, 2.05) is 25.1 Å². The number of nitrogens with zero attached hydrogens (tertiary/aromatic N) is 1. The third-order valence-electron chi connectivity index (χ3n) is 3.24. The van der Waals surface area contributed by atoms with E-state index in [1.54, 1.807) is 11.8 Å². The van der Waals surface area contributed by atoms with Gasteiger partial charge in [-0.15, -0.1) is 5.10 Å². The zero-order valence-corrected chi connectivity index (χ0v) is 13.4. The molecule has 0 saturated carbocycles. The van der Waals surface area contributed by atoms with Gasteiger partial charge >= 0.3 is 5.97 Å². The summed E-state index contributed by atoms with van der Waals surface area (Å²) >= 11 is 1.69. The van der Waals surface area contributed by atoms with Crippen LogP contribution in [-0.4, -0.2) is 34.5 Å². The van der Waals surface area contributed by atoms with Crippen LogP contribution in [-0.2, 0) is 11.2 Å². The summed E-state index contributed by atoms with van der Waals surface area (Å²) in [7, 11) is 0. The van der Waals surface area contributed by atoms with Crippen molar-refractivity contribution < 1.29 is 9.90 Å². The monoisotopic (exact) mass is 325 g/mol. The predicted octanol–water partition coefficient (Wildman–Crippen LogP) is 0.156. The van der Waals surface area contributed by atoms with Crippen molar-refractivity contribution in [1.82, 2.24) is 5.53 Å². The first-order chi connectivity index (χ1) is 10.5. The van der Waals surface area contributed by atoms with Gasteiger partial charge in [0.1, 0.15) is 6.04 Å². The number of hydrogen-bond donors (Lipinski definition) is 5. The molecule has 0 bridgehead atoms. The van der Waals surface area contributed by atoms with E-state index in [2.05, 4.69) is 10.6 Å². The highest BCUT2D eigenvalue weighted by molar-refractivity contribution is 7.99.